The number of likely N-dealkylation sites (N-methyl/N-ethyl adjacent to an activating group) is 2. The maximum Gasteiger partial charge on any atom is 0.229 e. The molecule has 1 amide bonds. The highest BCUT2D eigenvalue weighted by atomic mass is 16.1. The first-order valence-electron chi connectivity index (χ1n) is 12.7. The summed E-state index contributed by atoms with van der Waals surface area (Å²) in [5, 5.41) is 8.45. The van der Waals surface area contributed by atoms with E-state index in [2.05, 4.69) is 68.4 Å². The maximum atomic E-state index is 12.0. The molecule has 5 aromatic rings. The van der Waals surface area contributed by atoms with Gasteiger partial charge < -0.3 is 30.0 Å². The van der Waals surface area contributed by atoms with Crippen molar-refractivity contribution in [2.75, 3.05) is 49.8 Å². The van der Waals surface area contributed by atoms with Crippen molar-refractivity contribution in [2.24, 2.45) is 7.05 Å². The number of amides is 1. The molecule has 0 saturated heterocycles. The lowest BCUT2D eigenvalue weighted by Crippen LogP contribution is -2.29. The number of H-pyrrole nitrogens is 1. The van der Waals surface area contributed by atoms with E-state index in [0.29, 0.717) is 5.95 Å². The molecule has 38 heavy (non-hydrogen) atoms. The number of aryl methyl sites for hydroxylation is 2. The van der Waals surface area contributed by atoms with Gasteiger partial charge in [0, 0.05) is 74.0 Å². The molecule has 3 N–H and O–H groups in total. The van der Waals surface area contributed by atoms with Crippen molar-refractivity contribution in [3.05, 3.63) is 60.4 Å². The van der Waals surface area contributed by atoms with E-state index in [9.17, 15) is 4.79 Å². The van der Waals surface area contributed by atoms with Crippen molar-refractivity contribution in [2.45, 2.75) is 13.8 Å². The van der Waals surface area contributed by atoms with Crippen LogP contribution in [-0.2, 0) is 11.8 Å². The van der Waals surface area contributed by atoms with E-state index >= 15 is 0 Å². The van der Waals surface area contributed by atoms with Gasteiger partial charge in [-0.05, 0) is 57.4 Å². The second kappa shape index (κ2) is 10.2. The minimum atomic E-state index is -0.123. The van der Waals surface area contributed by atoms with Gasteiger partial charge in [0.25, 0.3) is 0 Å². The number of fused-ring (bicyclic) bond motifs is 2. The number of carbonyl (C=O) groups excluding carboxylic acids is 1. The van der Waals surface area contributed by atoms with E-state index in [0.717, 1.165) is 63.3 Å². The van der Waals surface area contributed by atoms with E-state index in [1.807, 2.05) is 51.6 Å². The number of nitrogens with one attached hydrogen (secondary N) is 3. The lowest BCUT2D eigenvalue weighted by atomic mass is 10.1. The minimum Gasteiger partial charge on any atom is -0.372 e. The SMILES string of the molecule is CC(=O)Nc1cc(Nc2nc(-c3cn(C)c4ccc(C)cc34)c3cc[nH]c3n2)ccc1N(C)CCN(C)C. The average molecular weight is 511 g/mol. The summed E-state index contributed by atoms with van der Waals surface area (Å²) in [7, 11) is 8.17. The highest BCUT2D eigenvalue weighted by molar-refractivity contribution is 6.03. The number of anilines is 4. The third-order valence-corrected chi connectivity index (χ3v) is 6.67. The van der Waals surface area contributed by atoms with Crippen LogP contribution in [-0.4, -0.2) is 64.6 Å². The zero-order valence-electron chi connectivity index (χ0n) is 22.8. The van der Waals surface area contributed by atoms with E-state index in [1.54, 1.807) is 0 Å². The normalized spacial score (nSPS) is 11.4. The van der Waals surface area contributed by atoms with Crippen LogP contribution in [0.25, 0.3) is 33.2 Å². The number of hydrogen-bond donors (Lipinski definition) is 3. The zero-order chi connectivity index (χ0) is 27.0. The molecule has 3 heterocycles. The smallest absolute Gasteiger partial charge is 0.229 e. The highest BCUT2D eigenvalue weighted by Gasteiger charge is 2.17. The Morgan fingerprint density at radius 2 is 1.84 bits per heavy atom. The lowest BCUT2D eigenvalue weighted by molar-refractivity contribution is -0.114. The summed E-state index contributed by atoms with van der Waals surface area (Å²) >= 11 is 0. The predicted octanol–water partition coefficient (Wildman–Crippen LogP) is 5.12. The fourth-order valence-corrected chi connectivity index (χ4v) is 4.73. The molecule has 9 heteroatoms. The molecule has 5 rings (SSSR count). The summed E-state index contributed by atoms with van der Waals surface area (Å²) in [6, 6.07) is 14.4. The molecule has 3 aromatic heterocycles. The summed E-state index contributed by atoms with van der Waals surface area (Å²) in [5.41, 5.74) is 7.47. The Balaban J connectivity index is 1.54. The van der Waals surface area contributed by atoms with Crippen LogP contribution < -0.4 is 15.5 Å². The second-order valence-corrected chi connectivity index (χ2v) is 10.1. The molecular formula is C29H34N8O. The van der Waals surface area contributed by atoms with Gasteiger partial charge in [0.15, 0.2) is 0 Å². The van der Waals surface area contributed by atoms with Gasteiger partial charge in [-0.2, -0.15) is 4.98 Å². The van der Waals surface area contributed by atoms with Crippen molar-refractivity contribution in [1.82, 2.24) is 24.4 Å². The summed E-state index contributed by atoms with van der Waals surface area (Å²) in [4.78, 5) is 29.2. The van der Waals surface area contributed by atoms with Gasteiger partial charge >= 0.3 is 0 Å². The van der Waals surface area contributed by atoms with Crippen molar-refractivity contribution in [3.63, 3.8) is 0 Å². The van der Waals surface area contributed by atoms with Gasteiger partial charge in [0.2, 0.25) is 11.9 Å². The van der Waals surface area contributed by atoms with Gasteiger partial charge in [-0.1, -0.05) is 11.6 Å². The molecule has 0 aliphatic rings. The fourth-order valence-electron chi connectivity index (χ4n) is 4.73. The van der Waals surface area contributed by atoms with E-state index in [-0.39, 0.29) is 5.91 Å². The molecule has 9 nitrogen and oxygen atoms in total. The minimum absolute atomic E-state index is 0.123. The first kappa shape index (κ1) is 25.3. The molecule has 0 saturated carbocycles. The number of aromatic nitrogens is 4. The van der Waals surface area contributed by atoms with Crippen molar-refractivity contribution in [3.8, 4) is 11.3 Å². The van der Waals surface area contributed by atoms with E-state index in [1.165, 1.54) is 12.5 Å². The third-order valence-electron chi connectivity index (χ3n) is 6.67. The van der Waals surface area contributed by atoms with E-state index < -0.39 is 0 Å². The summed E-state index contributed by atoms with van der Waals surface area (Å²) in [5.74, 6) is 0.351. The van der Waals surface area contributed by atoms with Crippen LogP contribution in [0.4, 0.5) is 23.0 Å². The quantitative estimate of drug-likeness (QED) is 0.268. The Morgan fingerprint density at radius 1 is 1.03 bits per heavy atom. The van der Waals surface area contributed by atoms with Crippen LogP contribution >= 0.6 is 0 Å². The monoisotopic (exact) mass is 510 g/mol. The first-order valence-corrected chi connectivity index (χ1v) is 12.7. The molecule has 0 unspecified atom stereocenters. The number of hydrogen-bond acceptors (Lipinski definition) is 6. The Kier molecular flexibility index (Phi) is 6.77. The Labute approximate surface area is 222 Å². The Morgan fingerprint density at radius 3 is 2.61 bits per heavy atom. The van der Waals surface area contributed by atoms with Gasteiger partial charge in [-0.3, -0.25) is 4.79 Å². The van der Waals surface area contributed by atoms with Crippen LogP contribution in [0.3, 0.4) is 0 Å². The van der Waals surface area contributed by atoms with Gasteiger partial charge in [-0.25, -0.2) is 4.98 Å². The third kappa shape index (κ3) is 5.05. The van der Waals surface area contributed by atoms with Gasteiger partial charge in [0.05, 0.1) is 17.1 Å². The molecule has 0 spiro atoms. The maximum absolute atomic E-state index is 12.0. The van der Waals surface area contributed by atoms with Gasteiger partial charge in [0.1, 0.15) is 5.65 Å². The molecule has 0 aliphatic heterocycles. The highest BCUT2D eigenvalue weighted by Crippen LogP contribution is 2.35. The van der Waals surface area contributed by atoms with Crippen molar-refractivity contribution < 1.29 is 4.79 Å². The topological polar surface area (TPSA) is 94.1 Å². The molecule has 2 aromatic carbocycles. The summed E-state index contributed by atoms with van der Waals surface area (Å²) in [6.45, 7) is 5.34. The predicted molar refractivity (Wildman–Crippen MR) is 156 cm³/mol. The Bertz CT molecular complexity index is 1630. The number of carbonyl (C=O) groups is 1. The van der Waals surface area contributed by atoms with Gasteiger partial charge in [-0.15, -0.1) is 0 Å². The number of rotatable bonds is 8. The number of benzene rings is 2. The van der Waals surface area contributed by atoms with Crippen LogP contribution in [0, 0.1) is 6.92 Å². The van der Waals surface area contributed by atoms with Crippen LogP contribution in [0.2, 0.25) is 0 Å². The summed E-state index contributed by atoms with van der Waals surface area (Å²) < 4.78 is 2.13. The van der Waals surface area contributed by atoms with Crippen molar-refractivity contribution in [1.29, 1.82) is 0 Å². The van der Waals surface area contributed by atoms with Crippen LogP contribution in [0.5, 0.6) is 0 Å². The molecular weight excluding hydrogens is 476 g/mol. The molecule has 0 fully saturated rings. The van der Waals surface area contributed by atoms with E-state index in [4.69, 9.17) is 9.97 Å². The standard InChI is InChI=1S/C29H34N8O/c1-18-7-9-25-22(15-18)23(17-37(25)6)27-21-11-12-30-28(21)34-29(33-27)32-20-8-10-26(24(16-20)31-19(2)38)36(5)14-13-35(3)4/h7-12,15-17H,13-14H2,1-6H3,(H,31,38)(H2,30,32,33,34). The molecule has 0 bridgehead atoms. The first-order chi connectivity index (χ1) is 18.2. The number of aromatic amines is 1. The van der Waals surface area contributed by atoms with Crippen LogP contribution in [0.1, 0.15) is 12.5 Å². The zero-order valence-corrected chi connectivity index (χ0v) is 22.8. The fraction of sp³-hybridized carbons (Fsp3) is 0.276. The molecule has 196 valence electrons. The van der Waals surface area contributed by atoms with Crippen molar-refractivity contribution >= 4 is 50.9 Å². The molecule has 0 aliphatic carbocycles. The average Bonchev–Trinajstić information content (AvgIpc) is 3.46. The summed E-state index contributed by atoms with van der Waals surface area (Å²) in [6.07, 6.45) is 4.01. The molecule has 0 radical (unpaired) electrons. The second-order valence-electron chi connectivity index (χ2n) is 10.1. The largest absolute Gasteiger partial charge is 0.372 e. The Hall–Kier alpha value is -4.37. The number of nitrogens with zero attached hydrogens (tertiary/aromatic N) is 5. The molecule has 0 atom stereocenters. The van der Waals surface area contributed by atoms with Crippen LogP contribution in [0.15, 0.2) is 54.9 Å². The lowest BCUT2D eigenvalue weighted by Gasteiger charge is -2.24.